The first kappa shape index (κ1) is 13.5. The summed E-state index contributed by atoms with van der Waals surface area (Å²) in [5, 5.41) is 6.33. The van der Waals surface area contributed by atoms with Crippen LogP contribution in [0.15, 0.2) is 0 Å². The fraction of sp³-hybridized carbons (Fsp3) is 1.00. The minimum absolute atomic E-state index is 0. The summed E-state index contributed by atoms with van der Waals surface area (Å²) < 4.78 is 0. The lowest BCUT2D eigenvalue weighted by Gasteiger charge is -2.03. The Labute approximate surface area is 70.7 Å². The van der Waals surface area contributed by atoms with Gasteiger partial charge < -0.3 is 22.1 Å². The maximum atomic E-state index is 5.27. The van der Waals surface area contributed by atoms with Crippen LogP contribution in [0.3, 0.4) is 0 Å². The van der Waals surface area contributed by atoms with Crippen LogP contribution in [-0.4, -0.2) is 47.7 Å². The summed E-state index contributed by atoms with van der Waals surface area (Å²) >= 11 is 0. The molecule has 5 heteroatoms. The molecule has 68 valence electrons. The molecule has 0 aromatic carbocycles. The maximum absolute atomic E-state index is 5.27. The fourth-order valence-corrected chi connectivity index (χ4v) is 0.631. The van der Waals surface area contributed by atoms with Crippen LogP contribution in [0, 0.1) is 0 Å². The van der Waals surface area contributed by atoms with E-state index >= 15 is 0 Å². The zero-order valence-electron chi connectivity index (χ0n) is 6.40. The van der Waals surface area contributed by atoms with Gasteiger partial charge in [-0.25, -0.2) is 0 Å². The molecule has 0 saturated heterocycles. The average molecular weight is 160 g/mol. The zero-order chi connectivity index (χ0) is 7.66. The SMILES string of the molecule is B.NCCNCCNCCN. The zero-order valence-corrected chi connectivity index (χ0v) is 6.40. The Kier molecular flexibility index (Phi) is 15.4. The first-order chi connectivity index (χ1) is 4.91. The van der Waals surface area contributed by atoms with Crippen molar-refractivity contribution >= 4 is 8.41 Å². The molecule has 0 atom stereocenters. The van der Waals surface area contributed by atoms with Crippen LogP contribution >= 0.6 is 0 Å². The Bertz CT molecular complexity index is 54.5. The first-order valence-electron chi connectivity index (χ1n) is 3.73. The van der Waals surface area contributed by atoms with E-state index < -0.39 is 0 Å². The lowest BCUT2D eigenvalue weighted by atomic mass is 10.5. The van der Waals surface area contributed by atoms with E-state index in [2.05, 4.69) is 10.6 Å². The van der Waals surface area contributed by atoms with Crippen LogP contribution in [0.1, 0.15) is 0 Å². The molecule has 0 aromatic rings. The summed E-state index contributed by atoms with van der Waals surface area (Å²) in [5.74, 6) is 0. The lowest BCUT2D eigenvalue weighted by molar-refractivity contribution is 0.618. The molecule has 0 amide bonds. The van der Waals surface area contributed by atoms with Crippen molar-refractivity contribution in [2.24, 2.45) is 11.5 Å². The van der Waals surface area contributed by atoms with Crippen LogP contribution in [0.25, 0.3) is 0 Å². The minimum atomic E-state index is 0. The van der Waals surface area contributed by atoms with Crippen molar-refractivity contribution in [3.05, 3.63) is 0 Å². The summed E-state index contributed by atoms with van der Waals surface area (Å²) in [7, 11) is 0. The summed E-state index contributed by atoms with van der Waals surface area (Å²) in [4.78, 5) is 0. The Hall–Kier alpha value is -0.0951. The van der Waals surface area contributed by atoms with Gasteiger partial charge in [0.25, 0.3) is 0 Å². The highest BCUT2D eigenvalue weighted by Crippen LogP contribution is 1.57. The second kappa shape index (κ2) is 12.6. The second-order valence-corrected chi connectivity index (χ2v) is 2.08. The van der Waals surface area contributed by atoms with Crippen LogP contribution in [0.4, 0.5) is 0 Å². The number of hydrogen-bond acceptors (Lipinski definition) is 4. The molecule has 0 radical (unpaired) electrons. The molecular weight excluding hydrogens is 139 g/mol. The van der Waals surface area contributed by atoms with Crippen molar-refractivity contribution < 1.29 is 0 Å². The molecule has 11 heavy (non-hydrogen) atoms. The molecule has 0 bridgehead atoms. The quantitative estimate of drug-likeness (QED) is 0.235. The third-order valence-corrected chi connectivity index (χ3v) is 1.12. The van der Waals surface area contributed by atoms with Crippen molar-refractivity contribution in [3.8, 4) is 0 Å². The van der Waals surface area contributed by atoms with E-state index in [-0.39, 0.29) is 8.41 Å². The Morgan fingerprint density at radius 2 is 1.09 bits per heavy atom. The molecule has 0 aromatic heterocycles. The summed E-state index contributed by atoms with van der Waals surface area (Å²) in [6, 6.07) is 0. The molecule has 6 N–H and O–H groups in total. The first-order valence-corrected chi connectivity index (χ1v) is 3.73. The molecular formula is C6H21BN4. The van der Waals surface area contributed by atoms with Gasteiger partial charge in [0.2, 0.25) is 0 Å². The van der Waals surface area contributed by atoms with Crippen LogP contribution in [-0.2, 0) is 0 Å². The lowest BCUT2D eigenvalue weighted by Crippen LogP contribution is -2.32. The van der Waals surface area contributed by atoms with Gasteiger partial charge in [-0.3, -0.25) is 0 Å². The van der Waals surface area contributed by atoms with Gasteiger partial charge in [0.1, 0.15) is 0 Å². The number of rotatable bonds is 7. The molecule has 0 rings (SSSR count). The predicted molar refractivity (Wildman–Crippen MR) is 53.8 cm³/mol. The standard InChI is InChI=1S/C6H18N4.BH3/c7-1-3-9-5-6-10-4-2-8;/h9-10H,1-8H2;1H3. The highest BCUT2D eigenvalue weighted by molar-refractivity contribution is 5.75. The monoisotopic (exact) mass is 160 g/mol. The number of nitrogens with two attached hydrogens (primary N) is 2. The molecule has 0 fully saturated rings. The molecule has 0 heterocycles. The molecule has 4 nitrogen and oxygen atoms in total. The van der Waals surface area contributed by atoms with Crippen LogP contribution in [0.2, 0.25) is 0 Å². The van der Waals surface area contributed by atoms with Gasteiger partial charge in [0.05, 0.1) is 8.41 Å². The number of nitrogens with one attached hydrogen (secondary N) is 2. The van der Waals surface area contributed by atoms with E-state index in [1.807, 2.05) is 0 Å². The Morgan fingerprint density at radius 3 is 1.36 bits per heavy atom. The highest BCUT2D eigenvalue weighted by Gasteiger charge is 1.83. The van der Waals surface area contributed by atoms with Gasteiger partial charge in [-0.05, 0) is 0 Å². The van der Waals surface area contributed by atoms with Gasteiger partial charge in [-0.15, -0.1) is 0 Å². The van der Waals surface area contributed by atoms with E-state index in [4.69, 9.17) is 11.5 Å². The molecule has 0 spiro atoms. The number of hydrogen-bond donors (Lipinski definition) is 4. The largest absolute Gasteiger partial charge is 0.329 e. The topological polar surface area (TPSA) is 76.1 Å². The maximum Gasteiger partial charge on any atom is 0.0814 e. The van der Waals surface area contributed by atoms with E-state index in [0.717, 1.165) is 26.2 Å². The van der Waals surface area contributed by atoms with Crippen LogP contribution < -0.4 is 22.1 Å². The third kappa shape index (κ3) is 13.0. The summed E-state index contributed by atoms with van der Waals surface area (Å²) in [6.45, 7) is 5.14. The van der Waals surface area contributed by atoms with Gasteiger partial charge >= 0.3 is 0 Å². The summed E-state index contributed by atoms with van der Waals surface area (Å²) in [6.07, 6.45) is 0. The van der Waals surface area contributed by atoms with E-state index in [1.54, 1.807) is 0 Å². The fourth-order valence-electron chi connectivity index (χ4n) is 0.631. The normalized spacial score (nSPS) is 9.27. The second-order valence-electron chi connectivity index (χ2n) is 2.08. The highest BCUT2D eigenvalue weighted by atomic mass is 14.9. The van der Waals surface area contributed by atoms with E-state index in [0.29, 0.717) is 13.1 Å². The van der Waals surface area contributed by atoms with Crippen molar-refractivity contribution in [2.75, 3.05) is 39.3 Å². The van der Waals surface area contributed by atoms with Crippen LogP contribution in [0.5, 0.6) is 0 Å². The van der Waals surface area contributed by atoms with E-state index in [1.165, 1.54) is 0 Å². The Morgan fingerprint density at radius 1 is 0.727 bits per heavy atom. The average Bonchev–Trinajstić information content (AvgIpc) is 1.97. The predicted octanol–water partition coefficient (Wildman–Crippen LogP) is -3.10. The minimum Gasteiger partial charge on any atom is -0.329 e. The molecule has 0 aliphatic carbocycles. The van der Waals surface area contributed by atoms with Crippen molar-refractivity contribution in [1.29, 1.82) is 0 Å². The van der Waals surface area contributed by atoms with Crippen molar-refractivity contribution in [3.63, 3.8) is 0 Å². The van der Waals surface area contributed by atoms with Crippen molar-refractivity contribution in [1.82, 2.24) is 10.6 Å². The van der Waals surface area contributed by atoms with Gasteiger partial charge in [0.15, 0.2) is 0 Å². The van der Waals surface area contributed by atoms with Gasteiger partial charge in [0, 0.05) is 39.3 Å². The van der Waals surface area contributed by atoms with Gasteiger partial charge in [-0.2, -0.15) is 0 Å². The summed E-state index contributed by atoms with van der Waals surface area (Å²) in [5.41, 5.74) is 10.5. The van der Waals surface area contributed by atoms with Crippen molar-refractivity contribution in [2.45, 2.75) is 0 Å². The smallest absolute Gasteiger partial charge is 0.0814 e. The Balaban J connectivity index is 0. The van der Waals surface area contributed by atoms with E-state index in [9.17, 15) is 0 Å². The van der Waals surface area contributed by atoms with Gasteiger partial charge in [-0.1, -0.05) is 0 Å². The molecule has 0 aliphatic heterocycles. The third-order valence-electron chi connectivity index (χ3n) is 1.12. The molecule has 0 saturated carbocycles. The molecule has 0 unspecified atom stereocenters. The molecule has 0 aliphatic rings.